The van der Waals surface area contributed by atoms with Crippen LogP contribution in [0.3, 0.4) is 0 Å². The number of fused-ring (bicyclic) bond motifs is 1. The Labute approximate surface area is 166 Å². The lowest BCUT2D eigenvalue weighted by molar-refractivity contribution is 0.102. The second-order valence-electron chi connectivity index (χ2n) is 6.63. The first kappa shape index (κ1) is 18.4. The van der Waals surface area contributed by atoms with E-state index in [4.69, 9.17) is 4.74 Å². The highest BCUT2D eigenvalue weighted by molar-refractivity contribution is 7.83. The number of nitrogens with one attached hydrogen (secondary N) is 1. The molecule has 4 rings (SSSR count). The molecule has 1 aromatic heterocycles. The molecule has 0 unspecified atom stereocenters. The average molecular weight is 395 g/mol. The number of ether oxygens (including phenoxy) is 1. The van der Waals surface area contributed by atoms with Crippen molar-refractivity contribution in [2.24, 2.45) is 0 Å². The van der Waals surface area contributed by atoms with Crippen LogP contribution in [-0.2, 0) is 22.3 Å². The molecular weight excluding hydrogens is 374 g/mol. The fraction of sp³-hybridized carbons (Fsp3) is 0.238. The van der Waals surface area contributed by atoms with Gasteiger partial charge in [0.05, 0.1) is 35.1 Å². The summed E-state index contributed by atoms with van der Waals surface area (Å²) in [5, 5.41) is 7.61. The first-order valence-corrected chi connectivity index (χ1v) is 10.6. The zero-order valence-corrected chi connectivity index (χ0v) is 16.6. The van der Waals surface area contributed by atoms with Gasteiger partial charge in [-0.15, -0.1) is 0 Å². The zero-order chi connectivity index (χ0) is 19.7. The maximum Gasteiger partial charge on any atom is 0.260 e. The van der Waals surface area contributed by atoms with E-state index in [-0.39, 0.29) is 5.91 Å². The molecule has 0 aliphatic carbocycles. The first-order chi connectivity index (χ1) is 13.6. The minimum Gasteiger partial charge on any atom is -0.493 e. The van der Waals surface area contributed by atoms with Crippen LogP contribution in [0.2, 0.25) is 0 Å². The molecule has 1 atom stereocenters. The number of aromatic nitrogens is 2. The number of rotatable bonds is 5. The van der Waals surface area contributed by atoms with E-state index in [1.165, 1.54) is 0 Å². The number of carbonyl (C=O) groups excluding carboxylic acids is 1. The highest BCUT2D eigenvalue weighted by Crippen LogP contribution is 2.32. The van der Waals surface area contributed by atoms with E-state index in [2.05, 4.69) is 10.4 Å². The number of benzene rings is 2. The fourth-order valence-electron chi connectivity index (χ4n) is 3.24. The zero-order valence-electron chi connectivity index (χ0n) is 15.8. The average Bonchev–Trinajstić information content (AvgIpc) is 3.20. The van der Waals surface area contributed by atoms with Crippen molar-refractivity contribution in [3.63, 3.8) is 0 Å². The van der Waals surface area contributed by atoms with E-state index in [1.807, 2.05) is 44.2 Å². The third-order valence-corrected chi connectivity index (χ3v) is 5.82. The largest absolute Gasteiger partial charge is 0.493 e. The van der Waals surface area contributed by atoms with Gasteiger partial charge in [0.1, 0.15) is 11.6 Å². The lowest BCUT2D eigenvalue weighted by Crippen LogP contribution is -2.17. The highest BCUT2D eigenvalue weighted by atomic mass is 32.2. The smallest absolute Gasteiger partial charge is 0.260 e. The van der Waals surface area contributed by atoms with Crippen LogP contribution in [0.1, 0.15) is 34.1 Å². The Kier molecular flexibility index (Phi) is 5.00. The predicted molar refractivity (Wildman–Crippen MR) is 109 cm³/mol. The molecule has 1 aliphatic heterocycles. The Morgan fingerprint density at radius 1 is 1.18 bits per heavy atom. The van der Waals surface area contributed by atoms with Gasteiger partial charge in [-0.3, -0.25) is 9.00 Å². The summed E-state index contributed by atoms with van der Waals surface area (Å²) >= 11 is 0. The van der Waals surface area contributed by atoms with Crippen LogP contribution in [0.25, 0.3) is 5.69 Å². The van der Waals surface area contributed by atoms with Crippen molar-refractivity contribution in [1.82, 2.24) is 9.78 Å². The molecule has 0 saturated heterocycles. The molecule has 6 nitrogen and oxygen atoms in total. The Bertz CT molecular complexity index is 1060. The third kappa shape index (κ3) is 3.45. The van der Waals surface area contributed by atoms with Crippen molar-refractivity contribution in [2.45, 2.75) is 25.4 Å². The number of amides is 1. The lowest BCUT2D eigenvalue weighted by atomic mass is 10.2. The molecular formula is C21H21N3O3S. The molecule has 1 N–H and O–H groups in total. The van der Waals surface area contributed by atoms with Gasteiger partial charge < -0.3 is 10.1 Å². The quantitative estimate of drug-likeness (QED) is 0.716. The minimum absolute atomic E-state index is 0.280. The molecule has 2 aromatic carbocycles. The summed E-state index contributed by atoms with van der Waals surface area (Å²) in [5.74, 6) is 1.62. The second-order valence-corrected chi connectivity index (χ2v) is 8.09. The maximum absolute atomic E-state index is 13.0. The van der Waals surface area contributed by atoms with Crippen LogP contribution in [0, 0.1) is 6.92 Å². The molecule has 28 heavy (non-hydrogen) atoms. The number of para-hydroxylation sites is 1. The SMILES string of the molecule is CCOc1ccccc1C(=O)Nc1c2c(nn1-c1ccc(C)cc1)C[S@@](=O)C2. The molecule has 0 saturated carbocycles. The summed E-state index contributed by atoms with van der Waals surface area (Å²) in [4.78, 5) is 13.0. The van der Waals surface area contributed by atoms with Gasteiger partial charge >= 0.3 is 0 Å². The molecule has 0 spiro atoms. The minimum atomic E-state index is -0.985. The van der Waals surface area contributed by atoms with Crippen LogP contribution in [0.4, 0.5) is 5.82 Å². The Morgan fingerprint density at radius 3 is 2.68 bits per heavy atom. The van der Waals surface area contributed by atoms with Gasteiger partial charge in [0.15, 0.2) is 0 Å². The van der Waals surface area contributed by atoms with Gasteiger partial charge in [0.25, 0.3) is 5.91 Å². The number of carbonyl (C=O) groups is 1. The molecule has 1 aliphatic rings. The normalized spacial score (nSPS) is 15.3. The van der Waals surface area contributed by atoms with Gasteiger partial charge in [-0.1, -0.05) is 29.8 Å². The number of aryl methyl sites for hydroxylation is 1. The van der Waals surface area contributed by atoms with E-state index in [0.717, 1.165) is 22.5 Å². The van der Waals surface area contributed by atoms with Crippen molar-refractivity contribution in [2.75, 3.05) is 11.9 Å². The van der Waals surface area contributed by atoms with Crippen LogP contribution < -0.4 is 10.1 Å². The summed E-state index contributed by atoms with van der Waals surface area (Å²) in [5.41, 5.74) is 4.04. The summed E-state index contributed by atoms with van der Waals surface area (Å²) in [7, 11) is -0.985. The second kappa shape index (κ2) is 7.59. The van der Waals surface area contributed by atoms with Gasteiger partial charge in [0.2, 0.25) is 0 Å². The monoisotopic (exact) mass is 395 g/mol. The molecule has 144 valence electrons. The number of nitrogens with zero attached hydrogens (tertiary/aromatic N) is 2. The van der Waals surface area contributed by atoms with E-state index < -0.39 is 10.8 Å². The van der Waals surface area contributed by atoms with Gasteiger partial charge in [-0.2, -0.15) is 5.10 Å². The van der Waals surface area contributed by atoms with E-state index >= 15 is 0 Å². The van der Waals surface area contributed by atoms with Crippen molar-refractivity contribution < 1.29 is 13.7 Å². The lowest BCUT2D eigenvalue weighted by Gasteiger charge is -2.13. The number of anilines is 1. The summed E-state index contributed by atoms with van der Waals surface area (Å²) < 4.78 is 19.3. The fourth-order valence-corrected chi connectivity index (χ4v) is 4.50. The topological polar surface area (TPSA) is 73.2 Å². The molecule has 3 aromatic rings. The Morgan fingerprint density at radius 2 is 1.93 bits per heavy atom. The molecule has 0 bridgehead atoms. The summed E-state index contributed by atoms with van der Waals surface area (Å²) in [6, 6.07) is 15.0. The van der Waals surface area contributed by atoms with E-state index in [9.17, 15) is 9.00 Å². The maximum atomic E-state index is 13.0. The van der Waals surface area contributed by atoms with E-state index in [0.29, 0.717) is 35.2 Å². The first-order valence-electron chi connectivity index (χ1n) is 9.12. The number of hydrogen-bond donors (Lipinski definition) is 1. The van der Waals surface area contributed by atoms with Gasteiger partial charge in [-0.25, -0.2) is 4.68 Å². The predicted octanol–water partition coefficient (Wildman–Crippen LogP) is 3.59. The summed E-state index contributed by atoms with van der Waals surface area (Å²) in [6.45, 7) is 4.37. The standard InChI is InChI=1S/C21H21N3O3S/c1-3-27-19-7-5-4-6-16(19)21(25)22-20-17-12-28(26)13-18(17)23-24(20)15-10-8-14(2)9-11-15/h4-11H,3,12-13H2,1-2H3,(H,22,25)/t28-/m0/s1. The molecule has 7 heteroatoms. The van der Waals surface area contributed by atoms with Gasteiger partial charge in [-0.05, 0) is 38.1 Å². The van der Waals surface area contributed by atoms with Crippen LogP contribution in [0.15, 0.2) is 48.5 Å². The van der Waals surface area contributed by atoms with Crippen molar-refractivity contribution in [1.29, 1.82) is 0 Å². The molecule has 0 fully saturated rings. The molecule has 0 radical (unpaired) electrons. The summed E-state index contributed by atoms with van der Waals surface area (Å²) in [6.07, 6.45) is 0. The van der Waals surface area contributed by atoms with Crippen molar-refractivity contribution in [3.05, 3.63) is 70.9 Å². The Hall–Kier alpha value is -2.93. The highest BCUT2D eigenvalue weighted by Gasteiger charge is 2.29. The van der Waals surface area contributed by atoms with Gasteiger partial charge in [0, 0.05) is 16.4 Å². The third-order valence-electron chi connectivity index (χ3n) is 4.61. The van der Waals surface area contributed by atoms with Crippen LogP contribution >= 0.6 is 0 Å². The molecule has 2 heterocycles. The van der Waals surface area contributed by atoms with Crippen molar-refractivity contribution in [3.8, 4) is 11.4 Å². The van der Waals surface area contributed by atoms with Crippen LogP contribution in [0.5, 0.6) is 5.75 Å². The number of hydrogen-bond acceptors (Lipinski definition) is 4. The van der Waals surface area contributed by atoms with E-state index in [1.54, 1.807) is 22.9 Å². The van der Waals surface area contributed by atoms with Crippen LogP contribution in [-0.4, -0.2) is 26.5 Å². The molecule has 1 amide bonds. The van der Waals surface area contributed by atoms with Crippen molar-refractivity contribution >= 4 is 22.5 Å². The Balaban J connectivity index is 1.74.